The second kappa shape index (κ2) is 8.70. The number of hydrogen-bond donors (Lipinski definition) is 1. The minimum atomic E-state index is -0.372. The smallest absolute Gasteiger partial charge is 0.261 e. The molecule has 0 atom stereocenters. The van der Waals surface area contributed by atoms with Crippen molar-refractivity contribution in [3.05, 3.63) is 47.5 Å². The Morgan fingerprint density at radius 1 is 1.21 bits per heavy atom. The van der Waals surface area contributed by atoms with Crippen LogP contribution < -0.4 is 10.1 Å². The average Bonchev–Trinajstić information content (AvgIpc) is 2.62. The van der Waals surface area contributed by atoms with Gasteiger partial charge in [0.05, 0.1) is 7.11 Å². The van der Waals surface area contributed by atoms with E-state index in [2.05, 4.69) is 5.32 Å². The van der Waals surface area contributed by atoms with Gasteiger partial charge in [0.25, 0.3) is 5.91 Å². The van der Waals surface area contributed by atoms with Crippen LogP contribution in [0.5, 0.6) is 5.75 Å². The largest absolute Gasteiger partial charge is 0.497 e. The predicted octanol–water partition coefficient (Wildman–Crippen LogP) is 2.91. The van der Waals surface area contributed by atoms with Crippen molar-refractivity contribution in [3.8, 4) is 11.8 Å². The van der Waals surface area contributed by atoms with E-state index in [1.807, 2.05) is 42.5 Å². The number of nitrogens with one attached hydrogen (secondary N) is 1. The molecule has 5 nitrogen and oxygen atoms in total. The summed E-state index contributed by atoms with van der Waals surface area (Å²) in [6, 6.07) is 13.5. The first-order chi connectivity index (χ1) is 11.7. The molecule has 1 N–H and O–H groups in total. The molecule has 0 heterocycles. The molecule has 1 amide bonds. The molecule has 5 heteroatoms. The van der Waals surface area contributed by atoms with E-state index in [0.29, 0.717) is 19.6 Å². The highest BCUT2D eigenvalue weighted by Gasteiger charge is 2.08. The SMILES string of the molecule is COCCCNC(=O)C(C#N)=Cc1ccc2cc(OC)ccc2c1. The maximum Gasteiger partial charge on any atom is 0.261 e. The molecule has 0 radical (unpaired) electrons. The van der Waals surface area contributed by atoms with Gasteiger partial charge in [-0.15, -0.1) is 0 Å². The fraction of sp³-hybridized carbons (Fsp3) is 0.263. The van der Waals surface area contributed by atoms with Gasteiger partial charge in [0.2, 0.25) is 0 Å². The van der Waals surface area contributed by atoms with E-state index in [1.165, 1.54) is 0 Å². The number of hydrogen-bond acceptors (Lipinski definition) is 4. The zero-order valence-electron chi connectivity index (χ0n) is 13.8. The summed E-state index contributed by atoms with van der Waals surface area (Å²) in [5, 5.41) is 14.0. The number of fused-ring (bicyclic) bond motifs is 1. The van der Waals surface area contributed by atoms with E-state index >= 15 is 0 Å². The van der Waals surface area contributed by atoms with Gasteiger partial charge in [-0.1, -0.05) is 18.2 Å². The van der Waals surface area contributed by atoms with Crippen molar-refractivity contribution in [3.63, 3.8) is 0 Å². The fourth-order valence-corrected chi connectivity index (χ4v) is 2.29. The minimum Gasteiger partial charge on any atom is -0.497 e. The summed E-state index contributed by atoms with van der Waals surface area (Å²) in [5.41, 5.74) is 0.886. The lowest BCUT2D eigenvalue weighted by Gasteiger charge is -2.05. The topological polar surface area (TPSA) is 71.3 Å². The van der Waals surface area contributed by atoms with Crippen molar-refractivity contribution in [2.45, 2.75) is 6.42 Å². The molecule has 0 spiro atoms. The van der Waals surface area contributed by atoms with Crippen molar-refractivity contribution >= 4 is 22.8 Å². The molecule has 2 aromatic carbocycles. The van der Waals surface area contributed by atoms with Gasteiger partial charge in [0, 0.05) is 20.3 Å². The zero-order chi connectivity index (χ0) is 17.4. The lowest BCUT2D eigenvalue weighted by Crippen LogP contribution is -2.26. The monoisotopic (exact) mass is 324 g/mol. The van der Waals surface area contributed by atoms with Crippen LogP contribution in [0.15, 0.2) is 42.0 Å². The number of benzene rings is 2. The lowest BCUT2D eigenvalue weighted by molar-refractivity contribution is -0.117. The van der Waals surface area contributed by atoms with Gasteiger partial charge in [-0.3, -0.25) is 4.79 Å². The molecule has 0 aliphatic carbocycles. The Morgan fingerprint density at radius 3 is 2.67 bits per heavy atom. The van der Waals surface area contributed by atoms with Gasteiger partial charge < -0.3 is 14.8 Å². The molecule has 2 aromatic rings. The van der Waals surface area contributed by atoms with E-state index in [-0.39, 0.29) is 11.5 Å². The van der Waals surface area contributed by atoms with Crippen LogP contribution in [0, 0.1) is 11.3 Å². The van der Waals surface area contributed by atoms with Gasteiger partial charge >= 0.3 is 0 Å². The van der Waals surface area contributed by atoms with Gasteiger partial charge in [0.1, 0.15) is 17.4 Å². The van der Waals surface area contributed by atoms with E-state index in [1.54, 1.807) is 20.3 Å². The van der Waals surface area contributed by atoms with Gasteiger partial charge in [-0.2, -0.15) is 5.26 Å². The highest BCUT2D eigenvalue weighted by Crippen LogP contribution is 2.22. The standard InChI is InChI=1S/C19H20N2O3/c1-23-9-3-8-21-19(22)17(13-20)11-14-4-5-16-12-18(24-2)7-6-15(16)10-14/h4-7,10-12H,3,8-9H2,1-2H3,(H,21,22). The first kappa shape index (κ1) is 17.5. The number of methoxy groups -OCH3 is 2. The summed E-state index contributed by atoms with van der Waals surface area (Å²) in [5.74, 6) is 0.419. The van der Waals surface area contributed by atoms with Crippen molar-refractivity contribution in [2.24, 2.45) is 0 Å². The summed E-state index contributed by atoms with van der Waals surface area (Å²) in [6.07, 6.45) is 2.30. The van der Waals surface area contributed by atoms with Crippen LogP contribution in [-0.2, 0) is 9.53 Å². The average molecular weight is 324 g/mol. The molecule has 0 aromatic heterocycles. The third-order valence-corrected chi connectivity index (χ3v) is 3.56. The molecule has 0 unspecified atom stereocenters. The van der Waals surface area contributed by atoms with Crippen LogP contribution in [-0.4, -0.2) is 33.3 Å². The van der Waals surface area contributed by atoms with E-state index in [4.69, 9.17) is 9.47 Å². The second-order valence-corrected chi connectivity index (χ2v) is 5.24. The van der Waals surface area contributed by atoms with Crippen molar-refractivity contribution in [1.29, 1.82) is 5.26 Å². The third-order valence-electron chi connectivity index (χ3n) is 3.56. The Kier molecular flexibility index (Phi) is 6.35. The van der Waals surface area contributed by atoms with Crippen LogP contribution in [0.4, 0.5) is 0 Å². The van der Waals surface area contributed by atoms with Gasteiger partial charge in [-0.25, -0.2) is 0 Å². The Balaban J connectivity index is 2.16. The molecule has 0 fully saturated rings. The first-order valence-corrected chi connectivity index (χ1v) is 7.64. The van der Waals surface area contributed by atoms with Crippen molar-refractivity contribution < 1.29 is 14.3 Å². The molecule has 0 saturated heterocycles. The van der Waals surface area contributed by atoms with Gasteiger partial charge in [0.15, 0.2) is 0 Å². The fourth-order valence-electron chi connectivity index (χ4n) is 2.29. The molecule has 24 heavy (non-hydrogen) atoms. The van der Waals surface area contributed by atoms with Crippen LogP contribution in [0.1, 0.15) is 12.0 Å². The van der Waals surface area contributed by atoms with Crippen LogP contribution in [0.25, 0.3) is 16.8 Å². The summed E-state index contributed by atoms with van der Waals surface area (Å²) >= 11 is 0. The summed E-state index contributed by atoms with van der Waals surface area (Å²) in [6.45, 7) is 1.04. The highest BCUT2D eigenvalue weighted by molar-refractivity contribution is 6.02. The maximum atomic E-state index is 12.0. The number of carbonyl (C=O) groups excluding carboxylic acids is 1. The summed E-state index contributed by atoms with van der Waals surface area (Å²) < 4.78 is 10.1. The van der Waals surface area contributed by atoms with E-state index in [9.17, 15) is 10.1 Å². The normalized spacial score (nSPS) is 11.1. The number of amides is 1. The van der Waals surface area contributed by atoms with E-state index in [0.717, 1.165) is 22.1 Å². The molecule has 0 aliphatic rings. The Labute approximate surface area is 141 Å². The van der Waals surface area contributed by atoms with Crippen molar-refractivity contribution in [1.82, 2.24) is 5.32 Å². The second-order valence-electron chi connectivity index (χ2n) is 5.24. The molecule has 0 saturated carbocycles. The highest BCUT2D eigenvalue weighted by atomic mass is 16.5. The molecular weight excluding hydrogens is 304 g/mol. The molecule has 0 bridgehead atoms. The minimum absolute atomic E-state index is 0.0836. The molecule has 0 aliphatic heterocycles. The first-order valence-electron chi connectivity index (χ1n) is 7.64. The lowest BCUT2D eigenvalue weighted by atomic mass is 10.0. The zero-order valence-corrected chi connectivity index (χ0v) is 13.8. The van der Waals surface area contributed by atoms with Crippen LogP contribution in [0.3, 0.4) is 0 Å². The van der Waals surface area contributed by atoms with Crippen LogP contribution >= 0.6 is 0 Å². The Hall–Kier alpha value is -2.84. The van der Waals surface area contributed by atoms with E-state index < -0.39 is 0 Å². The number of carbonyl (C=O) groups is 1. The molecule has 124 valence electrons. The Morgan fingerprint density at radius 2 is 1.96 bits per heavy atom. The summed E-state index contributed by atoms with van der Waals surface area (Å²) in [4.78, 5) is 12.0. The number of rotatable bonds is 7. The quantitative estimate of drug-likeness (QED) is 0.483. The van der Waals surface area contributed by atoms with Crippen LogP contribution in [0.2, 0.25) is 0 Å². The molecular formula is C19H20N2O3. The molecule has 2 rings (SSSR count). The number of nitrogens with zero attached hydrogens (tertiary/aromatic N) is 1. The maximum absolute atomic E-state index is 12.0. The summed E-state index contributed by atoms with van der Waals surface area (Å²) in [7, 11) is 3.24. The number of nitriles is 1. The predicted molar refractivity (Wildman–Crippen MR) is 93.6 cm³/mol. The van der Waals surface area contributed by atoms with Gasteiger partial charge in [-0.05, 0) is 47.0 Å². The third kappa shape index (κ3) is 4.58. The van der Waals surface area contributed by atoms with Crippen molar-refractivity contribution in [2.75, 3.05) is 27.4 Å². The number of ether oxygens (including phenoxy) is 2. The Bertz CT molecular complexity index is 791.